The highest BCUT2D eigenvalue weighted by molar-refractivity contribution is 7.89. The minimum Gasteiger partial charge on any atom is -0.465 e. The maximum Gasteiger partial charge on any atom is 0.573 e. The number of anilines is 1. The number of para-hydroxylation sites is 1. The van der Waals surface area contributed by atoms with E-state index in [0.29, 0.717) is 0 Å². The normalized spacial score (nSPS) is 15.1. The van der Waals surface area contributed by atoms with Gasteiger partial charge in [0.05, 0.1) is 23.3 Å². The number of piperazine rings is 1. The number of esters is 1. The van der Waals surface area contributed by atoms with Crippen LogP contribution >= 0.6 is 0 Å². The van der Waals surface area contributed by atoms with Gasteiger partial charge in [-0.15, -0.1) is 13.2 Å². The fraction of sp³-hybridized carbons (Fsp3) is 0.300. The van der Waals surface area contributed by atoms with Gasteiger partial charge in [0.25, 0.3) is 0 Å². The van der Waals surface area contributed by atoms with Gasteiger partial charge >= 0.3 is 18.4 Å². The van der Waals surface area contributed by atoms with E-state index in [-0.39, 0.29) is 42.3 Å². The van der Waals surface area contributed by atoms with Crippen LogP contribution in [0.25, 0.3) is 0 Å². The smallest absolute Gasteiger partial charge is 0.465 e. The predicted molar refractivity (Wildman–Crippen MR) is 110 cm³/mol. The second-order valence-electron chi connectivity index (χ2n) is 6.88. The van der Waals surface area contributed by atoms with Gasteiger partial charge in [0.1, 0.15) is 5.75 Å². The summed E-state index contributed by atoms with van der Waals surface area (Å²) < 4.78 is 72.0. The lowest BCUT2D eigenvalue weighted by atomic mass is 10.2. The van der Waals surface area contributed by atoms with Crippen molar-refractivity contribution < 1.29 is 40.7 Å². The third kappa shape index (κ3) is 5.93. The summed E-state index contributed by atoms with van der Waals surface area (Å²) in [7, 11) is -2.76. The first-order chi connectivity index (χ1) is 15.5. The molecule has 0 aromatic heterocycles. The summed E-state index contributed by atoms with van der Waals surface area (Å²) in [5, 5.41) is 2.62. The molecular weight excluding hydrogens is 467 g/mol. The van der Waals surface area contributed by atoms with Crippen molar-refractivity contribution in [1.82, 2.24) is 9.21 Å². The Kier molecular flexibility index (Phi) is 7.12. The molecule has 33 heavy (non-hydrogen) atoms. The van der Waals surface area contributed by atoms with Crippen molar-refractivity contribution in [3.63, 3.8) is 0 Å². The van der Waals surface area contributed by atoms with Crippen LogP contribution in [0.15, 0.2) is 53.4 Å². The van der Waals surface area contributed by atoms with Crippen LogP contribution in [0.2, 0.25) is 0 Å². The molecule has 3 rings (SSSR count). The van der Waals surface area contributed by atoms with Crippen LogP contribution < -0.4 is 10.1 Å². The van der Waals surface area contributed by atoms with E-state index in [1.807, 2.05) is 0 Å². The molecule has 0 atom stereocenters. The molecule has 1 aliphatic rings. The molecule has 2 aromatic rings. The molecule has 1 heterocycles. The lowest BCUT2D eigenvalue weighted by Crippen LogP contribution is -2.51. The Morgan fingerprint density at radius 2 is 1.58 bits per heavy atom. The zero-order valence-corrected chi connectivity index (χ0v) is 18.1. The van der Waals surface area contributed by atoms with Crippen molar-refractivity contribution in [2.45, 2.75) is 11.3 Å². The van der Waals surface area contributed by atoms with Crippen LogP contribution in [-0.2, 0) is 14.8 Å². The van der Waals surface area contributed by atoms with Gasteiger partial charge in [0, 0.05) is 26.2 Å². The number of methoxy groups -OCH3 is 1. The molecule has 2 aromatic carbocycles. The van der Waals surface area contributed by atoms with Crippen molar-refractivity contribution in [1.29, 1.82) is 0 Å². The molecule has 0 radical (unpaired) electrons. The Balaban J connectivity index is 1.62. The van der Waals surface area contributed by atoms with E-state index in [2.05, 4.69) is 14.8 Å². The number of benzene rings is 2. The second kappa shape index (κ2) is 9.67. The average molecular weight is 487 g/mol. The SMILES string of the molecule is COC(=O)c1ccccc1NC(=O)N1CCN(S(=O)(=O)c2ccc(OC(F)(F)F)cc2)CC1. The van der Waals surface area contributed by atoms with E-state index in [0.717, 1.165) is 28.6 Å². The summed E-state index contributed by atoms with van der Waals surface area (Å²) in [6, 6.07) is 9.67. The van der Waals surface area contributed by atoms with Gasteiger partial charge < -0.3 is 19.7 Å². The number of nitrogens with zero attached hydrogens (tertiary/aromatic N) is 2. The Bertz CT molecular complexity index is 1110. The summed E-state index contributed by atoms with van der Waals surface area (Å²) >= 11 is 0. The number of rotatable bonds is 5. The van der Waals surface area contributed by atoms with Crippen molar-refractivity contribution in [3.8, 4) is 5.75 Å². The number of ether oxygens (including phenoxy) is 2. The highest BCUT2D eigenvalue weighted by Crippen LogP contribution is 2.25. The standard InChI is InChI=1S/C20H20F3N3O6S/c1-31-18(27)16-4-2-3-5-17(16)24-19(28)25-10-12-26(13-11-25)33(29,30)15-8-6-14(7-9-15)32-20(21,22)23/h2-9H,10-13H2,1H3,(H,24,28). The molecule has 178 valence electrons. The van der Waals surface area contributed by atoms with Crippen molar-refractivity contribution >= 4 is 27.7 Å². The number of urea groups is 1. The summed E-state index contributed by atoms with van der Waals surface area (Å²) in [5.74, 6) is -1.15. The van der Waals surface area contributed by atoms with Crippen LogP contribution in [0.5, 0.6) is 5.75 Å². The number of amides is 2. The maximum atomic E-state index is 12.8. The monoisotopic (exact) mass is 487 g/mol. The van der Waals surface area contributed by atoms with Gasteiger partial charge in [0.15, 0.2) is 0 Å². The largest absolute Gasteiger partial charge is 0.573 e. The van der Waals surface area contributed by atoms with Crippen LogP contribution in [0.3, 0.4) is 0 Å². The fourth-order valence-electron chi connectivity index (χ4n) is 3.17. The van der Waals surface area contributed by atoms with E-state index in [1.165, 1.54) is 24.1 Å². The molecule has 1 saturated heterocycles. The first-order valence-corrected chi connectivity index (χ1v) is 11.0. The molecule has 0 saturated carbocycles. The van der Waals surface area contributed by atoms with Crippen molar-refractivity contribution in [2.24, 2.45) is 0 Å². The summed E-state index contributed by atoms with van der Waals surface area (Å²) in [4.78, 5) is 25.6. The van der Waals surface area contributed by atoms with Gasteiger partial charge in [-0.2, -0.15) is 4.31 Å². The quantitative estimate of drug-likeness (QED) is 0.651. The van der Waals surface area contributed by atoms with Gasteiger partial charge in [-0.3, -0.25) is 0 Å². The molecule has 0 aliphatic carbocycles. The lowest BCUT2D eigenvalue weighted by molar-refractivity contribution is -0.274. The molecule has 13 heteroatoms. The van der Waals surface area contributed by atoms with Gasteiger partial charge in [-0.05, 0) is 36.4 Å². The topological polar surface area (TPSA) is 105 Å². The van der Waals surface area contributed by atoms with Gasteiger partial charge in [-0.25, -0.2) is 18.0 Å². The van der Waals surface area contributed by atoms with E-state index in [4.69, 9.17) is 0 Å². The zero-order valence-electron chi connectivity index (χ0n) is 17.3. The van der Waals surface area contributed by atoms with Gasteiger partial charge in [-0.1, -0.05) is 12.1 Å². The van der Waals surface area contributed by atoms with Crippen LogP contribution in [0, 0.1) is 0 Å². The molecule has 2 amide bonds. The first kappa shape index (κ1) is 24.3. The Labute approximate surface area is 187 Å². The highest BCUT2D eigenvalue weighted by atomic mass is 32.2. The Morgan fingerprint density at radius 3 is 2.15 bits per heavy atom. The predicted octanol–water partition coefficient (Wildman–Crippen LogP) is 2.91. The summed E-state index contributed by atoms with van der Waals surface area (Å²) in [6.07, 6.45) is -4.88. The van der Waals surface area contributed by atoms with Crippen LogP contribution in [-0.4, -0.2) is 69.3 Å². The van der Waals surface area contributed by atoms with Gasteiger partial charge in [0.2, 0.25) is 10.0 Å². The lowest BCUT2D eigenvalue weighted by Gasteiger charge is -2.34. The third-order valence-electron chi connectivity index (χ3n) is 4.79. The number of hydrogen-bond donors (Lipinski definition) is 1. The molecule has 1 N–H and O–H groups in total. The minimum atomic E-state index is -4.88. The number of carbonyl (C=O) groups excluding carboxylic acids is 2. The molecule has 1 fully saturated rings. The summed E-state index contributed by atoms with van der Waals surface area (Å²) in [6.45, 7) is 0.103. The number of halogens is 3. The molecular formula is C20H20F3N3O6S. The Morgan fingerprint density at radius 1 is 0.970 bits per heavy atom. The number of sulfonamides is 1. The van der Waals surface area contributed by atoms with Crippen LogP contribution in [0.1, 0.15) is 10.4 Å². The number of nitrogens with one attached hydrogen (secondary N) is 1. The minimum absolute atomic E-state index is 0.0186. The van der Waals surface area contributed by atoms with E-state index < -0.39 is 34.1 Å². The molecule has 0 spiro atoms. The number of hydrogen-bond acceptors (Lipinski definition) is 6. The number of carbonyl (C=O) groups is 2. The van der Waals surface area contributed by atoms with Crippen molar-refractivity contribution in [3.05, 3.63) is 54.1 Å². The van der Waals surface area contributed by atoms with Crippen LogP contribution in [0.4, 0.5) is 23.7 Å². The number of alkyl halides is 3. The maximum absolute atomic E-state index is 12.8. The summed E-state index contributed by atoms with van der Waals surface area (Å²) in [5.41, 5.74) is 0.429. The first-order valence-electron chi connectivity index (χ1n) is 9.60. The molecule has 0 unspecified atom stereocenters. The zero-order chi connectivity index (χ0) is 24.2. The molecule has 9 nitrogen and oxygen atoms in total. The fourth-order valence-corrected chi connectivity index (χ4v) is 4.59. The second-order valence-corrected chi connectivity index (χ2v) is 8.82. The Hall–Kier alpha value is -3.32. The highest BCUT2D eigenvalue weighted by Gasteiger charge is 2.33. The average Bonchev–Trinajstić information content (AvgIpc) is 2.78. The molecule has 0 bridgehead atoms. The third-order valence-corrected chi connectivity index (χ3v) is 6.71. The van der Waals surface area contributed by atoms with E-state index in [9.17, 15) is 31.2 Å². The van der Waals surface area contributed by atoms with E-state index >= 15 is 0 Å². The molecule has 1 aliphatic heterocycles. The van der Waals surface area contributed by atoms with Crippen molar-refractivity contribution in [2.75, 3.05) is 38.6 Å². The van der Waals surface area contributed by atoms with E-state index in [1.54, 1.807) is 12.1 Å².